The molecule has 0 bridgehead atoms. The molecule has 7 heteroatoms. The summed E-state index contributed by atoms with van der Waals surface area (Å²) >= 11 is 0. The van der Waals surface area contributed by atoms with Crippen LogP contribution in [0.25, 0.3) is 0 Å². The zero-order chi connectivity index (χ0) is 17.5. The van der Waals surface area contributed by atoms with E-state index in [9.17, 15) is 4.79 Å². The Morgan fingerprint density at radius 3 is 2.48 bits per heavy atom. The maximum atomic E-state index is 11.9. The molecule has 0 aliphatic carbocycles. The van der Waals surface area contributed by atoms with E-state index in [1.54, 1.807) is 7.11 Å². The molecule has 3 rings (SSSR count). The summed E-state index contributed by atoms with van der Waals surface area (Å²) in [7, 11) is 1.59. The van der Waals surface area contributed by atoms with Crippen molar-refractivity contribution in [2.45, 2.75) is 12.8 Å². The minimum absolute atomic E-state index is 0.210. The van der Waals surface area contributed by atoms with Crippen molar-refractivity contribution >= 4 is 23.2 Å². The molecule has 1 aliphatic heterocycles. The highest BCUT2D eigenvalue weighted by molar-refractivity contribution is 5.93. The van der Waals surface area contributed by atoms with Crippen LogP contribution in [0, 0.1) is 0 Å². The lowest BCUT2D eigenvalue weighted by Gasteiger charge is -2.17. The largest absolute Gasteiger partial charge is 0.383 e. The number of aromatic nitrogens is 2. The van der Waals surface area contributed by atoms with E-state index in [4.69, 9.17) is 4.74 Å². The Kier molecular flexibility index (Phi) is 5.79. The fourth-order valence-electron chi connectivity index (χ4n) is 2.74. The van der Waals surface area contributed by atoms with Gasteiger partial charge in [0, 0.05) is 50.5 Å². The van der Waals surface area contributed by atoms with Crippen molar-refractivity contribution in [3.8, 4) is 0 Å². The van der Waals surface area contributed by atoms with Gasteiger partial charge in [0.2, 0.25) is 5.95 Å². The number of hydrogen-bond donors (Lipinski definition) is 2. The summed E-state index contributed by atoms with van der Waals surface area (Å²) in [6.45, 7) is 3.19. The van der Waals surface area contributed by atoms with Gasteiger partial charge in [-0.25, -0.2) is 9.97 Å². The zero-order valence-corrected chi connectivity index (χ0v) is 14.4. The number of hydrogen-bond acceptors (Lipinski definition) is 6. The molecular weight excluding hydrogens is 318 g/mol. The standard InChI is InChI=1S/C18H23N5O2/c1-25-11-8-19-17(24)14-12-20-18(21-13-14)22-15-4-6-16(7-5-15)23-9-2-3-10-23/h4-7,12-13H,2-3,8-11H2,1H3,(H,19,24)(H,20,21,22). The highest BCUT2D eigenvalue weighted by Gasteiger charge is 2.12. The van der Waals surface area contributed by atoms with Crippen molar-refractivity contribution in [1.82, 2.24) is 15.3 Å². The second-order valence-electron chi connectivity index (χ2n) is 5.91. The molecule has 1 saturated heterocycles. The Morgan fingerprint density at radius 1 is 1.16 bits per heavy atom. The first-order valence-corrected chi connectivity index (χ1v) is 8.47. The Labute approximate surface area is 147 Å². The molecule has 2 N–H and O–H groups in total. The van der Waals surface area contributed by atoms with Gasteiger partial charge in [-0.3, -0.25) is 4.79 Å². The molecule has 1 aromatic heterocycles. The van der Waals surface area contributed by atoms with E-state index >= 15 is 0 Å². The molecule has 0 unspecified atom stereocenters. The highest BCUT2D eigenvalue weighted by Crippen LogP contribution is 2.23. The molecule has 2 aromatic rings. The maximum absolute atomic E-state index is 11.9. The van der Waals surface area contributed by atoms with Crippen molar-refractivity contribution < 1.29 is 9.53 Å². The number of amides is 1. The quantitative estimate of drug-likeness (QED) is 0.752. The van der Waals surface area contributed by atoms with E-state index in [0.717, 1.165) is 18.8 Å². The molecular formula is C18H23N5O2. The Morgan fingerprint density at radius 2 is 1.84 bits per heavy atom. The van der Waals surface area contributed by atoms with E-state index in [1.165, 1.54) is 30.9 Å². The number of methoxy groups -OCH3 is 1. The zero-order valence-electron chi connectivity index (χ0n) is 14.4. The predicted octanol–water partition coefficient (Wildman–Crippen LogP) is 2.20. The van der Waals surface area contributed by atoms with Gasteiger partial charge in [0.15, 0.2) is 0 Å². The lowest BCUT2D eigenvalue weighted by Crippen LogP contribution is -2.27. The normalized spacial score (nSPS) is 13.7. The molecule has 1 fully saturated rings. The number of ether oxygens (including phenoxy) is 1. The fraction of sp³-hybridized carbons (Fsp3) is 0.389. The molecule has 2 heterocycles. The summed E-state index contributed by atoms with van der Waals surface area (Å²) in [5.41, 5.74) is 2.58. The lowest BCUT2D eigenvalue weighted by molar-refractivity contribution is 0.0936. The van der Waals surface area contributed by atoms with E-state index < -0.39 is 0 Å². The number of carbonyl (C=O) groups is 1. The van der Waals surface area contributed by atoms with Gasteiger partial charge in [0.1, 0.15) is 0 Å². The number of benzene rings is 1. The van der Waals surface area contributed by atoms with Crippen molar-refractivity contribution in [2.75, 3.05) is 43.6 Å². The van der Waals surface area contributed by atoms with Gasteiger partial charge in [0.25, 0.3) is 5.91 Å². The Bertz CT molecular complexity index is 682. The monoisotopic (exact) mass is 341 g/mol. The number of carbonyl (C=O) groups excluding carboxylic acids is 1. The first kappa shape index (κ1) is 17.2. The highest BCUT2D eigenvalue weighted by atomic mass is 16.5. The van der Waals surface area contributed by atoms with E-state index in [2.05, 4.69) is 37.6 Å². The van der Waals surface area contributed by atoms with Gasteiger partial charge in [-0.1, -0.05) is 0 Å². The molecule has 0 radical (unpaired) electrons. The van der Waals surface area contributed by atoms with Crippen LogP contribution in [0.1, 0.15) is 23.2 Å². The topological polar surface area (TPSA) is 79.4 Å². The average Bonchev–Trinajstić information content (AvgIpc) is 3.18. The third-order valence-corrected chi connectivity index (χ3v) is 4.10. The third kappa shape index (κ3) is 4.67. The fourth-order valence-corrected chi connectivity index (χ4v) is 2.74. The van der Waals surface area contributed by atoms with Gasteiger partial charge >= 0.3 is 0 Å². The molecule has 1 aromatic carbocycles. The first-order valence-electron chi connectivity index (χ1n) is 8.47. The van der Waals surface area contributed by atoms with Crippen molar-refractivity contribution in [3.05, 3.63) is 42.2 Å². The second-order valence-corrected chi connectivity index (χ2v) is 5.91. The second kappa shape index (κ2) is 8.43. The van der Waals surface area contributed by atoms with Crippen LogP contribution in [0.2, 0.25) is 0 Å². The molecule has 0 spiro atoms. The van der Waals surface area contributed by atoms with Gasteiger partial charge in [-0.05, 0) is 37.1 Å². The lowest BCUT2D eigenvalue weighted by atomic mass is 10.2. The maximum Gasteiger partial charge on any atom is 0.254 e. The van der Waals surface area contributed by atoms with Gasteiger partial charge in [0.05, 0.1) is 12.2 Å². The Hall–Kier alpha value is -2.67. The summed E-state index contributed by atoms with van der Waals surface area (Å²) in [6.07, 6.45) is 5.55. The molecule has 0 atom stereocenters. The van der Waals surface area contributed by atoms with Crippen LogP contribution < -0.4 is 15.5 Å². The van der Waals surface area contributed by atoms with Crippen LogP contribution >= 0.6 is 0 Å². The summed E-state index contributed by atoms with van der Waals surface area (Å²) in [5.74, 6) is 0.251. The van der Waals surface area contributed by atoms with E-state index in [-0.39, 0.29) is 5.91 Å². The van der Waals surface area contributed by atoms with Crippen molar-refractivity contribution in [1.29, 1.82) is 0 Å². The smallest absolute Gasteiger partial charge is 0.254 e. The van der Waals surface area contributed by atoms with Crippen LogP contribution in [0.4, 0.5) is 17.3 Å². The van der Waals surface area contributed by atoms with Crippen molar-refractivity contribution in [3.63, 3.8) is 0 Å². The van der Waals surface area contributed by atoms with Crippen LogP contribution in [0.3, 0.4) is 0 Å². The summed E-state index contributed by atoms with van der Waals surface area (Å²) in [5, 5.41) is 5.88. The molecule has 1 amide bonds. The first-order chi connectivity index (χ1) is 12.3. The van der Waals surface area contributed by atoms with Gasteiger partial charge in [-0.15, -0.1) is 0 Å². The third-order valence-electron chi connectivity index (χ3n) is 4.10. The minimum atomic E-state index is -0.210. The van der Waals surface area contributed by atoms with Gasteiger partial charge < -0.3 is 20.3 Å². The number of nitrogens with one attached hydrogen (secondary N) is 2. The Balaban J connectivity index is 1.56. The molecule has 25 heavy (non-hydrogen) atoms. The molecule has 132 valence electrons. The molecule has 1 aliphatic rings. The van der Waals surface area contributed by atoms with Crippen LogP contribution in [0.5, 0.6) is 0 Å². The van der Waals surface area contributed by atoms with Crippen LogP contribution in [-0.2, 0) is 4.74 Å². The predicted molar refractivity (Wildman–Crippen MR) is 97.4 cm³/mol. The molecule has 7 nitrogen and oxygen atoms in total. The minimum Gasteiger partial charge on any atom is -0.383 e. The van der Waals surface area contributed by atoms with E-state index in [0.29, 0.717) is 24.7 Å². The number of rotatable bonds is 7. The van der Waals surface area contributed by atoms with Gasteiger partial charge in [-0.2, -0.15) is 0 Å². The van der Waals surface area contributed by atoms with Crippen LogP contribution in [-0.4, -0.2) is 49.2 Å². The van der Waals surface area contributed by atoms with E-state index in [1.807, 2.05) is 12.1 Å². The summed E-state index contributed by atoms with van der Waals surface area (Å²) < 4.78 is 4.90. The summed E-state index contributed by atoms with van der Waals surface area (Å²) in [4.78, 5) is 22.7. The SMILES string of the molecule is COCCNC(=O)c1cnc(Nc2ccc(N3CCCC3)cc2)nc1. The number of anilines is 3. The molecule has 0 saturated carbocycles. The number of nitrogens with zero attached hydrogens (tertiary/aromatic N) is 3. The van der Waals surface area contributed by atoms with Crippen LogP contribution in [0.15, 0.2) is 36.7 Å². The van der Waals surface area contributed by atoms with Crippen molar-refractivity contribution in [2.24, 2.45) is 0 Å². The average molecular weight is 341 g/mol. The summed E-state index contributed by atoms with van der Waals surface area (Å²) in [6, 6.07) is 8.24.